The van der Waals surface area contributed by atoms with Gasteiger partial charge in [0, 0.05) is 11.5 Å². The molecule has 1 radical (unpaired) electrons. The number of rotatable bonds is 5. The Morgan fingerprint density at radius 1 is 1.25 bits per heavy atom. The first-order chi connectivity index (χ1) is 3.91. The predicted molar refractivity (Wildman–Crippen MR) is 45.7 cm³/mol. The lowest BCUT2D eigenvalue weighted by Crippen LogP contribution is -1.83. The minimum Gasteiger partial charge on any atom is -0.161 e. The molecule has 0 aromatic heterocycles. The highest BCUT2D eigenvalue weighted by Gasteiger charge is 1.83. The number of hydrogen-bond acceptors (Lipinski definition) is 2. The normalized spacial score (nSPS) is 9.75. The summed E-state index contributed by atoms with van der Waals surface area (Å²) in [6, 6.07) is 0. The molecule has 0 aliphatic heterocycles. The van der Waals surface area contributed by atoms with E-state index in [1.165, 1.54) is 17.3 Å². The van der Waals surface area contributed by atoms with Crippen LogP contribution in [0, 0.1) is 6.92 Å². The summed E-state index contributed by atoms with van der Waals surface area (Å²) in [5.41, 5.74) is 0. The summed E-state index contributed by atoms with van der Waals surface area (Å²) in [7, 11) is 0. The van der Waals surface area contributed by atoms with E-state index >= 15 is 0 Å². The smallest absolute Gasteiger partial charge is 0.00235 e. The molecule has 0 aromatic carbocycles. The molecule has 0 saturated heterocycles. The molecule has 0 nitrogen and oxygen atoms in total. The van der Waals surface area contributed by atoms with Crippen LogP contribution in [0.2, 0.25) is 0 Å². The van der Waals surface area contributed by atoms with Gasteiger partial charge in [0.05, 0.1) is 0 Å². The fraction of sp³-hybridized carbons (Fsp3) is 0.833. The summed E-state index contributed by atoms with van der Waals surface area (Å²) in [4.78, 5) is 0. The van der Waals surface area contributed by atoms with E-state index in [0.29, 0.717) is 0 Å². The molecule has 8 heavy (non-hydrogen) atoms. The van der Waals surface area contributed by atoms with Crippen LogP contribution in [0.25, 0.3) is 0 Å². The first-order valence-corrected chi connectivity index (χ1v) is 5.17. The Labute approximate surface area is 60.8 Å². The zero-order chi connectivity index (χ0) is 6.24. The molecule has 0 saturated carbocycles. The maximum Gasteiger partial charge on any atom is 0.00235 e. The third-order valence-corrected chi connectivity index (χ3v) is 2.66. The van der Waals surface area contributed by atoms with E-state index in [0.717, 1.165) is 5.75 Å². The van der Waals surface area contributed by atoms with Gasteiger partial charge in [0.1, 0.15) is 0 Å². The first-order valence-electron chi connectivity index (χ1n) is 2.86. The van der Waals surface area contributed by atoms with Crippen LogP contribution in [0.5, 0.6) is 0 Å². The van der Waals surface area contributed by atoms with Crippen LogP contribution in [-0.2, 0) is 0 Å². The van der Waals surface area contributed by atoms with E-state index in [1.54, 1.807) is 0 Å². The molecule has 0 aliphatic carbocycles. The molecule has 0 rings (SSSR count). The highest BCUT2D eigenvalue weighted by molar-refractivity contribution is 8.02. The molecule has 0 heterocycles. The molecule has 2 heteroatoms. The quantitative estimate of drug-likeness (QED) is 0.550. The lowest BCUT2D eigenvalue weighted by molar-refractivity contribution is 1.47. The zero-order valence-corrected chi connectivity index (χ0v) is 6.99. The molecular formula is C6H13S2. The maximum absolute atomic E-state index is 3.74. The Morgan fingerprint density at radius 2 is 1.88 bits per heavy atom. The maximum atomic E-state index is 3.74. The molecular weight excluding hydrogens is 136 g/mol. The summed E-state index contributed by atoms with van der Waals surface area (Å²) in [5, 5.41) is 0. The van der Waals surface area contributed by atoms with Gasteiger partial charge in [-0.3, -0.25) is 0 Å². The molecule has 0 fully saturated rings. The SMILES string of the molecule is [CH2]CSCCSCC. The Bertz CT molecular complexity index is 31.5. The Hall–Kier alpha value is 0.700. The molecule has 0 N–H and O–H groups in total. The summed E-state index contributed by atoms with van der Waals surface area (Å²) in [5.74, 6) is 4.82. The Kier molecular flexibility index (Phi) is 8.37. The molecule has 0 atom stereocenters. The summed E-state index contributed by atoms with van der Waals surface area (Å²) in [6.45, 7) is 5.93. The van der Waals surface area contributed by atoms with Crippen LogP contribution in [0.1, 0.15) is 6.92 Å². The van der Waals surface area contributed by atoms with Crippen molar-refractivity contribution in [3.63, 3.8) is 0 Å². The minimum atomic E-state index is 1.02. The molecule has 0 spiro atoms. The van der Waals surface area contributed by atoms with Crippen molar-refractivity contribution >= 4 is 23.5 Å². The molecule has 0 bridgehead atoms. The van der Waals surface area contributed by atoms with Gasteiger partial charge in [0.2, 0.25) is 0 Å². The van der Waals surface area contributed by atoms with Gasteiger partial charge in [-0.15, -0.1) is 0 Å². The third kappa shape index (κ3) is 6.70. The third-order valence-electron chi connectivity index (χ3n) is 0.720. The van der Waals surface area contributed by atoms with Crippen molar-refractivity contribution in [2.75, 3.05) is 23.0 Å². The number of hydrogen-bond donors (Lipinski definition) is 0. The van der Waals surface area contributed by atoms with E-state index in [2.05, 4.69) is 13.8 Å². The van der Waals surface area contributed by atoms with Gasteiger partial charge >= 0.3 is 0 Å². The average Bonchev–Trinajstić information content (AvgIpc) is 1.81. The van der Waals surface area contributed by atoms with Gasteiger partial charge < -0.3 is 0 Å². The van der Waals surface area contributed by atoms with E-state index < -0.39 is 0 Å². The van der Waals surface area contributed by atoms with Crippen LogP contribution in [0.3, 0.4) is 0 Å². The standard InChI is InChI=1S/C6H13S2/c1-3-7-5-6-8-4-2/h1,3-6H2,2H3. The highest BCUT2D eigenvalue weighted by atomic mass is 32.2. The monoisotopic (exact) mass is 149 g/mol. The molecule has 0 aromatic rings. The van der Waals surface area contributed by atoms with Crippen LogP contribution < -0.4 is 0 Å². The van der Waals surface area contributed by atoms with Crippen molar-refractivity contribution in [2.24, 2.45) is 0 Å². The fourth-order valence-corrected chi connectivity index (χ4v) is 1.80. The second-order valence-electron chi connectivity index (χ2n) is 1.31. The van der Waals surface area contributed by atoms with E-state index in [1.807, 2.05) is 23.5 Å². The van der Waals surface area contributed by atoms with Gasteiger partial charge in [-0.1, -0.05) is 6.92 Å². The fourth-order valence-electron chi connectivity index (χ4n) is 0.364. The van der Waals surface area contributed by atoms with E-state index in [4.69, 9.17) is 0 Å². The van der Waals surface area contributed by atoms with Crippen molar-refractivity contribution in [3.8, 4) is 0 Å². The second-order valence-corrected chi connectivity index (χ2v) is 3.93. The van der Waals surface area contributed by atoms with Gasteiger partial charge in [-0.25, -0.2) is 0 Å². The average molecular weight is 149 g/mol. The van der Waals surface area contributed by atoms with Crippen LogP contribution in [0.15, 0.2) is 0 Å². The van der Waals surface area contributed by atoms with Gasteiger partial charge in [0.25, 0.3) is 0 Å². The minimum absolute atomic E-state index is 1.02. The van der Waals surface area contributed by atoms with Gasteiger partial charge in [0.15, 0.2) is 0 Å². The predicted octanol–water partition coefficient (Wildman–Crippen LogP) is 2.31. The topological polar surface area (TPSA) is 0 Å². The van der Waals surface area contributed by atoms with Crippen molar-refractivity contribution < 1.29 is 0 Å². The molecule has 49 valence electrons. The first kappa shape index (κ1) is 8.70. The van der Waals surface area contributed by atoms with E-state index in [9.17, 15) is 0 Å². The van der Waals surface area contributed by atoms with Gasteiger partial charge in [-0.2, -0.15) is 23.5 Å². The molecule has 0 aliphatic rings. The lowest BCUT2D eigenvalue weighted by atomic mass is 10.9. The summed E-state index contributed by atoms with van der Waals surface area (Å²) < 4.78 is 0. The van der Waals surface area contributed by atoms with Crippen molar-refractivity contribution in [3.05, 3.63) is 6.92 Å². The van der Waals surface area contributed by atoms with Crippen molar-refractivity contribution in [1.29, 1.82) is 0 Å². The highest BCUT2D eigenvalue weighted by Crippen LogP contribution is 2.04. The van der Waals surface area contributed by atoms with Crippen LogP contribution in [-0.4, -0.2) is 23.0 Å². The van der Waals surface area contributed by atoms with E-state index in [-0.39, 0.29) is 0 Å². The summed E-state index contributed by atoms with van der Waals surface area (Å²) in [6.07, 6.45) is 0. The Morgan fingerprint density at radius 3 is 2.38 bits per heavy atom. The van der Waals surface area contributed by atoms with Gasteiger partial charge in [-0.05, 0) is 18.4 Å². The van der Waals surface area contributed by atoms with Crippen molar-refractivity contribution in [1.82, 2.24) is 0 Å². The Balaban J connectivity index is 2.53. The van der Waals surface area contributed by atoms with Crippen LogP contribution >= 0.6 is 23.5 Å². The second kappa shape index (κ2) is 7.70. The largest absolute Gasteiger partial charge is 0.161 e. The zero-order valence-electron chi connectivity index (χ0n) is 5.35. The van der Waals surface area contributed by atoms with Crippen molar-refractivity contribution in [2.45, 2.75) is 6.92 Å². The molecule has 0 amide bonds. The number of thioether (sulfide) groups is 2. The van der Waals surface area contributed by atoms with Crippen LogP contribution in [0.4, 0.5) is 0 Å². The molecule has 0 unspecified atom stereocenters. The summed E-state index contributed by atoms with van der Waals surface area (Å²) >= 11 is 3.92. The lowest BCUT2D eigenvalue weighted by Gasteiger charge is -1.94.